The number of aryl methyl sites for hydroxylation is 1. The van der Waals surface area contributed by atoms with Crippen LogP contribution in [-0.4, -0.2) is 40.3 Å². The van der Waals surface area contributed by atoms with Crippen LogP contribution in [0.1, 0.15) is 42.3 Å². The molecule has 0 fully saturated rings. The second kappa shape index (κ2) is 9.90. The van der Waals surface area contributed by atoms with Crippen molar-refractivity contribution in [1.29, 1.82) is 5.26 Å². The first kappa shape index (κ1) is 22.0. The van der Waals surface area contributed by atoms with Gasteiger partial charge in [0, 0.05) is 24.4 Å². The van der Waals surface area contributed by atoms with E-state index in [0.29, 0.717) is 13.0 Å². The summed E-state index contributed by atoms with van der Waals surface area (Å²) in [5.74, 6) is -1.24. The average molecular weight is 418 g/mol. The summed E-state index contributed by atoms with van der Waals surface area (Å²) in [4.78, 5) is 24.8. The van der Waals surface area contributed by atoms with Gasteiger partial charge >= 0.3 is 5.97 Å². The maximum atomic E-state index is 12.4. The lowest BCUT2D eigenvalue weighted by atomic mass is 10.1. The molecule has 3 rings (SSSR count). The number of benzene rings is 1. The number of rotatable bonds is 7. The van der Waals surface area contributed by atoms with E-state index in [2.05, 4.69) is 16.6 Å². The van der Waals surface area contributed by atoms with Gasteiger partial charge in [-0.3, -0.25) is 4.79 Å². The maximum Gasteiger partial charge on any atom is 0.349 e. The molecule has 1 aromatic heterocycles. The molecule has 160 valence electrons. The second-order valence-corrected chi connectivity index (χ2v) is 7.40. The van der Waals surface area contributed by atoms with Gasteiger partial charge in [-0.15, -0.1) is 0 Å². The summed E-state index contributed by atoms with van der Waals surface area (Å²) in [7, 11) is 0. The minimum Gasteiger partial charge on any atom is -0.451 e. The van der Waals surface area contributed by atoms with Gasteiger partial charge in [-0.05, 0) is 43.5 Å². The second-order valence-electron chi connectivity index (χ2n) is 7.40. The summed E-state index contributed by atoms with van der Waals surface area (Å²) >= 11 is 0. The van der Waals surface area contributed by atoms with Gasteiger partial charge in [-0.2, -0.15) is 10.4 Å². The van der Waals surface area contributed by atoms with Crippen molar-refractivity contribution in [2.24, 2.45) is 5.10 Å². The molecule has 0 radical (unpaired) electrons. The Hall–Kier alpha value is -3.66. The third kappa shape index (κ3) is 5.10. The Bertz CT molecular complexity index is 1070. The summed E-state index contributed by atoms with van der Waals surface area (Å²) in [6, 6.07) is 13.5. The molecule has 0 saturated heterocycles. The molecule has 2 heterocycles. The van der Waals surface area contributed by atoms with Crippen LogP contribution in [0.2, 0.25) is 0 Å². The van der Waals surface area contributed by atoms with E-state index in [1.165, 1.54) is 11.1 Å². The number of amides is 1. The van der Waals surface area contributed by atoms with Crippen molar-refractivity contribution in [3.8, 4) is 6.07 Å². The zero-order valence-corrected chi connectivity index (χ0v) is 18.1. The molecule has 1 aromatic carbocycles. The van der Waals surface area contributed by atoms with E-state index in [0.717, 1.165) is 41.2 Å². The molecule has 1 aliphatic rings. The van der Waals surface area contributed by atoms with Crippen molar-refractivity contribution in [1.82, 2.24) is 9.58 Å². The Morgan fingerprint density at radius 2 is 2.00 bits per heavy atom. The molecule has 0 atom stereocenters. The average Bonchev–Trinajstić information content (AvgIpc) is 3.37. The van der Waals surface area contributed by atoms with Gasteiger partial charge in [-0.25, -0.2) is 9.80 Å². The van der Waals surface area contributed by atoms with Crippen LogP contribution in [0.25, 0.3) is 6.08 Å². The quantitative estimate of drug-likeness (QED) is 0.390. The van der Waals surface area contributed by atoms with Gasteiger partial charge in [0.15, 0.2) is 6.61 Å². The first-order valence-corrected chi connectivity index (χ1v) is 10.3. The molecule has 0 aliphatic carbocycles. The minimum atomic E-state index is -0.817. The number of carbonyl (C=O) groups excluding carboxylic acids is 2. The molecule has 0 spiro atoms. The molecule has 1 amide bonds. The summed E-state index contributed by atoms with van der Waals surface area (Å²) in [6.45, 7) is 6.88. The summed E-state index contributed by atoms with van der Waals surface area (Å²) in [5.41, 5.74) is 4.48. The third-order valence-corrected chi connectivity index (χ3v) is 5.22. The maximum absolute atomic E-state index is 12.4. The normalized spacial score (nSPS) is 13.7. The highest BCUT2D eigenvalue weighted by Gasteiger charge is 2.23. The molecule has 0 N–H and O–H groups in total. The van der Waals surface area contributed by atoms with Crippen LogP contribution < -0.4 is 0 Å². The fourth-order valence-corrected chi connectivity index (χ4v) is 3.58. The molecule has 0 saturated carbocycles. The number of nitrogens with zero attached hydrogens (tertiary/aromatic N) is 4. The van der Waals surface area contributed by atoms with E-state index in [9.17, 15) is 14.9 Å². The number of hydrazone groups is 1. The summed E-state index contributed by atoms with van der Waals surface area (Å²) < 4.78 is 7.25. The van der Waals surface area contributed by atoms with E-state index in [1.807, 2.05) is 56.3 Å². The largest absolute Gasteiger partial charge is 0.451 e. The van der Waals surface area contributed by atoms with Gasteiger partial charge in [0.25, 0.3) is 5.91 Å². The molecular weight excluding hydrogens is 392 g/mol. The molecule has 1 aliphatic heterocycles. The molecule has 0 unspecified atom stereocenters. The Morgan fingerprint density at radius 1 is 1.26 bits per heavy atom. The van der Waals surface area contributed by atoms with Gasteiger partial charge in [-0.1, -0.05) is 37.3 Å². The first-order valence-electron chi connectivity index (χ1n) is 10.3. The van der Waals surface area contributed by atoms with Crippen LogP contribution in [-0.2, 0) is 20.9 Å². The number of aromatic nitrogens is 1. The van der Waals surface area contributed by atoms with Gasteiger partial charge in [0.1, 0.15) is 11.6 Å². The van der Waals surface area contributed by atoms with E-state index >= 15 is 0 Å². The zero-order valence-electron chi connectivity index (χ0n) is 18.1. The van der Waals surface area contributed by atoms with Crippen LogP contribution in [0.15, 0.2) is 47.1 Å². The number of nitriles is 1. The van der Waals surface area contributed by atoms with Crippen molar-refractivity contribution < 1.29 is 14.3 Å². The monoisotopic (exact) mass is 418 g/mol. The number of carbonyl (C=O) groups is 2. The van der Waals surface area contributed by atoms with Gasteiger partial charge in [0.05, 0.1) is 12.3 Å². The lowest BCUT2D eigenvalue weighted by Crippen LogP contribution is -2.29. The highest BCUT2D eigenvalue weighted by atomic mass is 16.5. The van der Waals surface area contributed by atoms with Crippen molar-refractivity contribution in [3.63, 3.8) is 0 Å². The molecule has 0 bridgehead atoms. The predicted octanol–water partition coefficient (Wildman–Crippen LogP) is 3.60. The van der Waals surface area contributed by atoms with Crippen LogP contribution in [0.5, 0.6) is 0 Å². The Morgan fingerprint density at radius 3 is 2.68 bits per heavy atom. The summed E-state index contributed by atoms with van der Waals surface area (Å²) in [5, 5.41) is 15.1. The van der Waals surface area contributed by atoms with Crippen LogP contribution in [0.4, 0.5) is 0 Å². The summed E-state index contributed by atoms with van der Waals surface area (Å²) in [6.07, 6.45) is 3.14. The van der Waals surface area contributed by atoms with Crippen molar-refractivity contribution in [3.05, 3.63) is 64.5 Å². The predicted molar refractivity (Wildman–Crippen MR) is 118 cm³/mol. The Kier molecular flexibility index (Phi) is 7.03. The Balaban J connectivity index is 1.64. The molecule has 31 heavy (non-hydrogen) atoms. The van der Waals surface area contributed by atoms with Crippen molar-refractivity contribution in [2.45, 2.75) is 40.2 Å². The molecular formula is C24H26N4O3. The lowest BCUT2D eigenvalue weighted by Gasteiger charge is -2.11. The SMILES string of the molecule is CCCn1c(C)cc(/C=C(\C#N)C(=O)OCC(=O)N2CCC(c3ccccc3)=N2)c1C. The van der Waals surface area contributed by atoms with Crippen LogP contribution >= 0.6 is 0 Å². The molecule has 2 aromatic rings. The Labute approximate surface area is 182 Å². The number of hydrogen-bond acceptors (Lipinski definition) is 5. The zero-order chi connectivity index (χ0) is 22.4. The van der Waals surface area contributed by atoms with E-state index in [1.54, 1.807) is 0 Å². The topological polar surface area (TPSA) is 87.7 Å². The first-order chi connectivity index (χ1) is 14.9. The molecule has 7 nitrogen and oxygen atoms in total. The highest BCUT2D eigenvalue weighted by molar-refractivity contribution is 6.03. The van der Waals surface area contributed by atoms with Crippen LogP contribution in [0, 0.1) is 25.2 Å². The number of ether oxygens (including phenoxy) is 1. The molecule has 7 heteroatoms. The van der Waals surface area contributed by atoms with Crippen LogP contribution in [0.3, 0.4) is 0 Å². The fraction of sp³-hybridized carbons (Fsp3) is 0.333. The fourth-order valence-electron chi connectivity index (χ4n) is 3.58. The highest BCUT2D eigenvalue weighted by Crippen LogP contribution is 2.19. The number of esters is 1. The van der Waals surface area contributed by atoms with Crippen molar-refractivity contribution in [2.75, 3.05) is 13.2 Å². The minimum absolute atomic E-state index is 0.139. The van der Waals surface area contributed by atoms with E-state index in [-0.39, 0.29) is 5.57 Å². The standard InChI is InChI=1S/C24H26N4O3/c1-4-11-27-17(2)13-20(18(27)3)14-21(15-25)24(30)31-16-23(29)28-12-10-22(26-28)19-8-6-5-7-9-19/h5-9,13-14H,4,10-12,16H2,1-3H3/b21-14+. The van der Waals surface area contributed by atoms with Gasteiger partial charge < -0.3 is 9.30 Å². The lowest BCUT2D eigenvalue weighted by molar-refractivity contribution is -0.148. The van der Waals surface area contributed by atoms with Crippen molar-refractivity contribution >= 4 is 23.7 Å². The third-order valence-electron chi connectivity index (χ3n) is 5.22. The van der Waals surface area contributed by atoms with E-state index < -0.39 is 18.5 Å². The van der Waals surface area contributed by atoms with Gasteiger partial charge in [0.2, 0.25) is 0 Å². The smallest absolute Gasteiger partial charge is 0.349 e. The number of hydrogen-bond donors (Lipinski definition) is 0. The van der Waals surface area contributed by atoms with E-state index in [4.69, 9.17) is 4.74 Å².